The first kappa shape index (κ1) is 12.5. The highest BCUT2D eigenvalue weighted by Crippen LogP contribution is 2.25. The van der Waals surface area contributed by atoms with Crippen LogP contribution in [-0.2, 0) is 9.53 Å². The van der Waals surface area contributed by atoms with E-state index in [4.69, 9.17) is 4.74 Å². The first-order chi connectivity index (χ1) is 7.11. The van der Waals surface area contributed by atoms with E-state index in [1.807, 2.05) is 0 Å². The van der Waals surface area contributed by atoms with E-state index in [1.54, 1.807) is 0 Å². The molecule has 15 heavy (non-hydrogen) atoms. The third kappa shape index (κ3) is 4.20. The molecule has 0 unspecified atom stereocenters. The van der Waals surface area contributed by atoms with Crippen molar-refractivity contribution in [3.8, 4) is 0 Å². The second kappa shape index (κ2) is 6.11. The minimum absolute atomic E-state index is 0.206. The quantitative estimate of drug-likeness (QED) is 0.729. The van der Waals surface area contributed by atoms with Gasteiger partial charge < -0.3 is 9.84 Å². The fraction of sp³-hybridized carbons (Fsp3) is 0.917. The Morgan fingerprint density at radius 1 is 1.40 bits per heavy atom. The molecule has 0 amide bonds. The molecule has 0 aromatic carbocycles. The first-order valence-electron chi connectivity index (χ1n) is 5.96. The number of carbonyl (C=O) groups excluding carboxylic acids is 1. The Bertz CT molecular complexity index is 201. The van der Waals surface area contributed by atoms with Gasteiger partial charge in [-0.1, -0.05) is 26.7 Å². The molecular formula is C12H22O3. The Hall–Kier alpha value is -0.570. The number of carbonyl (C=O) groups is 1. The van der Waals surface area contributed by atoms with Crippen LogP contribution in [-0.4, -0.2) is 23.8 Å². The van der Waals surface area contributed by atoms with Gasteiger partial charge in [0.15, 0.2) is 0 Å². The summed E-state index contributed by atoms with van der Waals surface area (Å²) in [5.74, 6) is 0.0721. The monoisotopic (exact) mass is 214 g/mol. The maximum absolute atomic E-state index is 11.6. The van der Waals surface area contributed by atoms with Crippen LogP contribution < -0.4 is 0 Å². The van der Waals surface area contributed by atoms with Crippen LogP contribution in [0.15, 0.2) is 0 Å². The number of aliphatic hydroxyl groups excluding tert-OH is 1. The van der Waals surface area contributed by atoms with E-state index in [0.29, 0.717) is 12.5 Å². The van der Waals surface area contributed by atoms with E-state index in [-0.39, 0.29) is 11.9 Å². The van der Waals surface area contributed by atoms with E-state index >= 15 is 0 Å². The van der Waals surface area contributed by atoms with Crippen molar-refractivity contribution in [2.45, 2.75) is 52.1 Å². The molecule has 1 fully saturated rings. The molecule has 1 aliphatic rings. The lowest BCUT2D eigenvalue weighted by Crippen LogP contribution is -2.32. The molecule has 3 nitrogen and oxygen atoms in total. The lowest BCUT2D eigenvalue weighted by molar-refractivity contribution is -0.154. The standard InChI is InChI=1S/C12H22O3/c1-9(2)7-8-15-12(14)10-5-3-4-6-11(10)13/h9-11,13H,3-8H2,1-2H3/t10-,11+/m1/s1. The fourth-order valence-electron chi connectivity index (χ4n) is 1.89. The molecular weight excluding hydrogens is 192 g/mol. The third-order valence-electron chi connectivity index (χ3n) is 2.97. The minimum atomic E-state index is -0.481. The molecule has 2 atom stereocenters. The van der Waals surface area contributed by atoms with Gasteiger partial charge in [0.1, 0.15) is 0 Å². The van der Waals surface area contributed by atoms with Crippen LogP contribution in [0, 0.1) is 11.8 Å². The number of hydrogen-bond donors (Lipinski definition) is 1. The van der Waals surface area contributed by atoms with Crippen molar-refractivity contribution in [1.29, 1.82) is 0 Å². The van der Waals surface area contributed by atoms with Gasteiger partial charge in [-0.25, -0.2) is 0 Å². The van der Waals surface area contributed by atoms with Crippen LogP contribution in [0.25, 0.3) is 0 Å². The summed E-state index contributed by atoms with van der Waals surface area (Å²) in [7, 11) is 0. The van der Waals surface area contributed by atoms with Crippen LogP contribution >= 0.6 is 0 Å². The van der Waals surface area contributed by atoms with E-state index in [9.17, 15) is 9.90 Å². The van der Waals surface area contributed by atoms with Gasteiger partial charge in [-0.15, -0.1) is 0 Å². The predicted octanol–water partition coefficient (Wildman–Crippen LogP) is 2.13. The van der Waals surface area contributed by atoms with Crippen molar-refractivity contribution in [3.63, 3.8) is 0 Å². The SMILES string of the molecule is CC(C)CCOC(=O)[C@@H]1CCCC[C@@H]1O. The molecule has 1 saturated carbocycles. The van der Waals surface area contributed by atoms with E-state index in [2.05, 4.69) is 13.8 Å². The molecule has 0 heterocycles. The molecule has 0 aromatic rings. The predicted molar refractivity (Wildman–Crippen MR) is 58.4 cm³/mol. The van der Waals surface area contributed by atoms with Crippen molar-refractivity contribution in [3.05, 3.63) is 0 Å². The molecule has 3 heteroatoms. The molecule has 0 radical (unpaired) electrons. The average molecular weight is 214 g/mol. The summed E-state index contributed by atoms with van der Waals surface area (Å²) in [6.07, 6.45) is 3.99. The third-order valence-corrected chi connectivity index (χ3v) is 2.97. The molecule has 0 bridgehead atoms. The lowest BCUT2D eigenvalue weighted by Gasteiger charge is -2.25. The molecule has 0 aromatic heterocycles. The van der Waals surface area contributed by atoms with Gasteiger partial charge in [0.05, 0.1) is 18.6 Å². The van der Waals surface area contributed by atoms with Crippen LogP contribution in [0.2, 0.25) is 0 Å². The summed E-state index contributed by atoms with van der Waals surface area (Å²) >= 11 is 0. The van der Waals surface area contributed by atoms with Crippen LogP contribution in [0.3, 0.4) is 0 Å². The summed E-state index contributed by atoms with van der Waals surface area (Å²) in [5, 5.41) is 9.65. The summed E-state index contributed by atoms with van der Waals surface area (Å²) in [5.41, 5.74) is 0. The zero-order valence-corrected chi connectivity index (χ0v) is 9.74. The second-order valence-corrected chi connectivity index (χ2v) is 4.81. The van der Waals surface area contributed by atoms with Gasteiger partial charge in [0, 0.05) is 0 Å². The summed E-state index contributed by atoms with van der Waals surface area (Å²) < 4.78 is 5.16. The van der Waals surface area contributed by atoms with Gasteiger partial charge in [-0.2, -0.15) is 0 Å². The fourth-order valence-corrected chi connectivity index (χ4v) is 1.89. The molecule has 1 N–H and O–H groups in total. The van der Waals surface area contributed by atoms with Crippen LogP contribution in [0.5, 0.6) is 0 Å². The highest BCUT2D eigenvalue weighted by atomic mass is 16.5. The smallest absolute Gasteiger partial charge is 0.311 e. The summed E-state index contributed by atoms with van der Waals surface area (Å²) in [6.45, 7) is 4.69. The summed E-state index contributed by atoms with van der Waals surface area (Å²) in [6, 6.07) is 0. The molecule has 88 valence electrons. The molecule has 0 saturated heterocycles. The Labute approximate surface area is 91.8 Å². The number of rotatable bonds is 4. The van der Waals surface area contributed by atoms with Crippen molar-refractivity contribution in [2.24, 2.45) is 11.8 Å². The zero-order valence-electron chi connectivity index (χ0n) is 9.74. The number of aliphatic hydroxyl groups is 1. The summed E-state index contributed by atoms with van der Waals surface area (Å²) in [4.78, 5) is 11.6. The molecule has 0 aliphatic heterocycles. The van der Waals surface area contributed by atoms with E-state index in [0.717, 1.165) is 32.1 Å². The lowest BCUT2D eigenvalue weighted by atomic mass is 9.87. The van der Waals surface area contributed by atoms with E-state index < -0.39 is 6.10 Å². The van der Waals surface area contributed by atoms with Gasteiger partial charge in [0.25, 0.3) is 0 Å². The van der Waals surface area contributed by atoms with Gasteiger partial charge in [-0.05, 0) is 25.2 Å². The normalized spacial score (nSPS) is 26.7. The Balaban J connectivity index is 2.26. The van der Waals surface area contributed by atoms with Crippen LogP contribution in [0.4, 0.5) is 0 Å². The van der Waals surface area contributed by atoms with Gasteiger partial charge in [-0.3, -0.25) is 4.79 Å². The zero-order chi connectivity index (χ0) is 11.3. The maximum atomic E-state index is 11.6. The van der Waals surface area contributed by atoms with Crippen molar-refractivity contribution in [1.82, 2.24) is 0 Å². The van der Waals surface area contributed by atoms with Gasteiger partial charge >= 0.3 is 5.97 Å². The maximum Gasteiger partial charge on any atom is 0.311 e. The Kier molecular flexibility index (Phi) is 5.09. The minimum Gasteiger partial charge on any atom is -0.465 e. The average Bonchev–Trinajstić information content (AvgIpc) is 2.17. The van der Waals surface area contributed by atoms with Crippen molar-refractivity contribution in [2.75, 3.05) is 6.61 Å². The van der Waals surface area contributed by atoms with Crippen LogP contribution in [0.1, 0.15) is 46.0 Å². The highest BCUT2D eigenvalue weighted by molar-refractivity contribution is 5.73. The van der Waals surface area contributed by atoms with E-state index in [1.165, 1.54) is 0 Å². The Morgan fingerprint density at radius 3 is 2.67 bits per heavy atom. The Morgan fingerprint density at radius 2 is 2.07 bits per heavy atom. The van der Waals surface area contributed by atoms with Crippen molar-refractivity contribution >= 4 is 5.97 Å². The number of ether oxygens (including phenoxy) is 1. The molecule has 0 spiro atoms. The second-order valence-electron chi connectivity index (χ2n) is 4.81. The number of esters is 1. The molecule has 1 aliphatic carbocycles. The topological polar surface area (TPSA) is 46.5 Å². The van der Waals surface area contributed by atoms with Crippen molar-refractivity contribution < 1.29 is 14.6 Å². The molecule has 1 rings (SSSR count). The first-order valence-corrected chi connectivity index (χ1v) is 5.96. The largest absolute Gasteiger partial charge is 0.465 e. The highest BCUT2D eigenvalue weighted by Gasteiger charge is 2.30. The van der Waals surface area contributed by atoms with Gasteiger partial charge in [0.2, 0.25) is 0 Å². The number of hydrogen-bond acceptors (Lipinski definition) is 3.